The van der Waals surface area contributed by atoms with Gasteiger partial charge in [0.15, 0.2) is 5.96 Å². The zero-order valence-corrected chi connectivity index (χ0v) is 19.1. The van der Waals surface area contributed by atoms with Gasteiger partial charge in [-0.15, -0.1) is 24.0 Å². The number of aliphatic imine (C=N–C) groups is 1. The zero-order valence-electron chi connectivity index (χ0n) is 16.8. The number of benzene rings is 2. The smallest absolute Gasteiger partial charge is 0.191 e. The molecule has 0 aliphatic carbocycles. The average Bonchev–Trinajstić information content (AvgIpc) is 2.75. The van der Waals surface area contributed by atoms with E-state index in [2.05, 4.69) is 57.9 Å². The Balaban J connectivity index is 0.00000300. The molecule has 0 spiro atoms. The van der Waals surface area contributed by atoms with Crippen molar-refractivity contribution in [2.45, 2.75) is 26.6 Å². The third-order valence-corrected chi connectivity index (χ3v) is 4.28. The Morgan fingerprint density at radius 3 is 2.38 bits per heavy atom. The molecular weight excluding hydrogens is 475 g/mol. The SMILES string of the molecule is CN=C(NCc1ccc(C)cc1)NCc1cccc(OCc2ccccn2)c1.I. The van der Waals surface area contributed by atoms with Crippen LogP contribution in [0.2, 0.25) is 0 Å². The molecule has 0 atom stereocenters. The molecular formula is C23H27IN4O. The number of rotatable bonds is 7. The lowest BCUT2D eigenvalue weighted by atomic mass is 10.1. The number of nitrogens with zero attached hydrogens (tertiary/aromatic N) is 2. The second-order valence-corrected chi connectivity index (χ2v) is 6.52. The number of hydrogen-bond donors (Lipinski definition) is 2. The van der Waals surface area contributed by atoms with Gasteiger partial charge in [-0.3, -0.25) is 9.98 Å². The first-order valence-electron chi connectivity index (χ1n) is 9.34. The Hall–Kier alpha value is -2.61. The quantitative estimate of drug-likeness (QED) is 0.285. The molecule has 0 bridgehead atoms. The Bertz CT molecular complexity index is 898. The van der Waals surface area contributed by atoms with Crippen LogP contribution in [-0.4, -0.2) is 18.0 Å². The lowest BCUT2D eigenvalue weighted by molar-refractivity contribution is 0.301. The van der Waals surface area contributed by atoms with Crippen LogP contribution in [0.1, 0.15) is 22.4 Å². The molecule has 29 heavy (non-hydrogen) atoms. The number of guanidine groups is 1. The summed E-state index contributed by atoms with van der Waals surface area (Å²) in [5, 5.41) is 6.68. The highest BCUT2D eigenvalue weighted by Crippen LogP contribution is 2.14. The van der Waals surface area contributed by atoms with Crippen LogP contribution in [0.25, 0.3) is 0 Å². The van der Waals surface area contributed by atoms with E-state index in [-0.39, 0.29) is 24.0 Å². The summed E-state index contributed by atoms with van der Waals surface area (Å²) in [5.74, 6) is 1.59. The highest BCUT2D eigenvalue weighted by molar-refractivity contribution is 14.0. The summed E-state index contributed by atoms with van der Waals surface area (Å²) in [6.45, 7) is 3.94. The monoisotopic (exact) mass is 502 g/mol. The molecule has 3 rings (SSSR count). The molecule has 2 aromatic carbocycles. The number of hydrogen-bond acceptors (Lipinski definition) is 3. The molecule has 1 aromatic heterocycles. The number of pyridine rings is 1. The number of ether oxygens (including phenoxy) is 1. The minimum atomic E-state index is 0. The summed E-state index contributed by atoms with van der Waals surface area (Å²) in [4.78, 5) is 8.56. The van der Waals surface area contributed by atoms with Crippen LogP contribution in [0.5, 0.6) is 5.75 Å². The fourth-order valence-corrected chi connectivity index (χ4v) is 2.68. The first-order valence-corrected chi connectivity index (χ1v) is 9.34. The van der Waals surface area contributed by atoms with Crippen LogP contribution in [-0.2, 0) is 19.7 Å². The van der Waals surface area contributed by atoms with E-state index < -0.39 is 0 Å². The van der Waals surface area contributed by atoms with Gasteiger partial charge >= 0.3 is 0 Å². The predicted molar refractivity (Wildman–Crippen MR) is 129 cm³/mol. The second-order valence-electron chi connectivity index (χ2n) is 6.52. The number of aromatic nitrogens is 1. The molecule has 0 fully saturated rings. The molecule has 0 aliphatic rings. The molecule has 0 saturated heterocycles. The van der Waals surface area contributed by atoms with Crippen LogP contribution in [0.15, 0.2) is 77.9 Å². The molecule has 152 valence electrons. The fourth-order valence-electron chi connectivity index (χ4n) is 2.68. The predicted octanol–water partition coefficient (Wildman–Crippen LogP) is 4.45. The van der Waals surface area contributed by atoms with Crippen LogP contribution < -0.4 is 15.4 Å². The van der Waals surface area contributed by atoms with E-state index in [1.807, 2.05) is 36.4 Å². The number of nitrogens with one attached hydrogen (secondary N) is 2. The Morgan fingerprint density at radius 1 is 0.931 bits per heavy atom. The van der Waals surface area contributed by atoms with Gasteiger partial charge in [-0.1, -0.05) is 48.0 Å². The van der Waals surface area contributed by atoms with Gasteiger partial charge in [0.2, 0.25) is 0 Å². The van der Waals surface area contributed by atoms with Gasteiger partial charge in [0.1, 0.15) is 12.4 Å². The van der Waals surface area contributed by atoms with Crippen LogP contribution in [0.4, 0.5) is 0 Å². The lowest BCUT2D eigenvalue weighted by Gasteiger charge is -2.13. The van der Waals surface area contributed by atoms with Crippen molar-refractivity contribution in [3.05, 3.63) is 95.3 Å². The highest BCUT2D eigenvalue weighted by Gasteiger charge is 2.02. The van der Waals surface area contributed by atoms with E-state index >= 15 is 0 Å². The maximum absolute atomic E-state index is 5.84. The lowest BCUT2D eigenvalue weighted by Crippen LogP contribution is -2.36. The minimum Gasteiger partial charge on any atom is -0.487 e. The summed E-state index contributed by atoms with van der Waals surface area (Å²) >= 11 is 0. The van der Waals surface area contributed by atoms with Gasteiger partial charge < -0.3 is 15.4 Å². The zero-order chi connectivity index (χ0) is 19.6. The maximum Gasteiger partial charge on any atom is 0.191 e. The standard InChI is InChI=1S/C23H26N4O.HI/c1-18-9-11-19(12-10-18)15-26-23(24-2)27-16-20-6-5-8-22(14-20)28-17-21-7-3-4-13-25-21;/h3-14H,15-17H2,1-2H3,(H2,24,26,27);1H. The van der Waals surface area contributed by atoms with E-state index in [4.69, 9.17) is 4.74 Å². The number of halogens is 1. The second kappa shape index (κ2) is 12.1. The topological polar surface area (TPSA) is 58.5 Å². The van der Waals surface area contributed by atoms with Crippen molar-refractivity contribution in [1.29, 1.82) is 0 Å². The van der Waals surface area contributed by atoms with E-state index in [1.54, 1.807) is 13.2 Å². The molecule has 0 saturated carbocycles. The molecule has 3 aromatic rings. The molecule has 1 heterocycles. The Kier molecular flexibility index (Phi) is 9.43. The van der Waals surface area contributed by atoms with Gasteiger partial charge in [0.05, 0.1) is 5.69 Å². The fraction of sp³-hybridized carbons (Fsp3) is 0.217. The van der Waals surface area contributed by atoms with Crippen molar-refractivity contribution >= 4 is 29.9 Å². The van der Waals surface area contributed by atoms with Crippen molar-refractivity contribution in [2.75, 3.05) is 7.05 Å². The molecule has 0 amide bonds. The summed E-state index contributed by atoms with van der Waals surface area (Å²) < 4.78 is 5.84. The van der Waals surface area contributed by atoms with Gasteiger partial charge in [-0.25, -0.2) is 0 Å². The molecule has 0 radical (unpaired) electrons. The Morgan fingerprint density at radius 2 is 1.69 bits per heavy atom. The average molecular weight is 502 g/mol. The third kappa shape index (κ3) is 7.73. The first-order chi connectivity index (χ1) is 13.7. The van der Waals surface area contributed by atoms with E-state index in [0.717, 1.165) is 29.5 Å². The normalized spacial score (nSPS) is 10.8. The largest absolute Gasteiger partial charge is 0.487 e. The van der Waals surface area contributed by atoms with Crippen molar-refractivity contribution < 1.29 is 4.74 Å². The first kappa shape index (κ1) is 22.7. The highest BCUT2D eigenvalue weighted by atomic mass is 127. The minimum absolute atomic E-state index is 0. The summed E-state index contributed by atoms with van der Waals surface area (Å²) in [6, 6.07) is 22.3. The number of aryl methyl sites for hydroxylation is 1. The van der Waals surface area contributed by atoms with E-state index in [1.165, 1.54) is 11.1 Å². The molecule has 5 nitrogen and oxygen atoms in total. The molecule has 0 unspecified atom stereocenters. The van der Waals surface area contributed by atoms with Crippen molar-refractivity contribution in [3.63, 3.8) is 0 Å². The van der Waals surface area contributed by atoms with Gasteiger partial charge in [0, 0.05) is 26.3 Å². The van der Waals surface area contributed by atoms with Crippen molar-refractivity contribution in [2.24, 2.45) is 4.99 Å². The van der Waals surface area contributed by atoms with Gasteiger partial charge in [-0.2, -0.15) is 0 Å². The molecule has 2 N–H and O–H groups in total. The van der Waals surface area contributed by atoms with Gasteiger partial charge in [-0.05, 0) is 42.3 Å². The van der Waals surface area contributed by atoms with Crippen LogP contribution in [0.3, 0.4) is 0 Å². The van der Waals surface area contributed by atoms with Crippen molar-refractivity contribution in [3.8, 4) is 5.75 Å². The van der Waals surface area contributed by atoms with Crippen LogP contribution in [0, 0.1) is 6.92 Å². The Labute approximate surface area is 189 Å². The molecule has 0 aliphatic heterocycles. The third-order valence-electron chi connectivity index (χ3n) is 4.28. The van der Waals surface area contributed by atoms with Gasteiger partial charge in [0.25, 0.3) is 0 Å². The maximum atomic E-state index is 5.84. The van der Waals surface area contributed by atoms with E-state index in [9.17, 15) is 0 Å². The summed E-state index contributed by atoms with van der Waals surface area (Å²) in [7, 11) is 1.77. The van der Waals surface area contributed by atoms with Crippen molar-refractivity contribution in [1.82, 2.24) is 15.6 Å². The van der Waals surface area contributed by atoms with Crippen LogP contribution >= 0.6 is 24.0 Å². The summed E-state index contributed by atoms with van der Waals surface area (Å²) in [5.41, 5.74) is 4.51. The summed E-state index contributed by atoms with van der Waals surface area (Å²) in [6.07, 6.45) is 1.77. The van der Waals surface area contributed by atoms with E-state index in [0.29, 0.717) is 13.2 Å². The molecule has 6 heteroatoms.